The van der Waals surface area contributed by atoms with E-state index in [2.05, 4.69) is 5.16 Å². The highest BCUT2D eigenvalue weighted by Crippen LogP contribution is 2.31. The Balaban J connectivity index is 1.49. The fourth-order valence-corrected chi connectivity index (χ4v) is 3.93. The first kappa shape index (κ1) is 21.9. The number of aryl methyl sites for hydroxylation is 2. The predicted molar refractivity (Wildman–Crippen MR) is 119 cm³/mol. The number of hydrogen-bond donors (Lipinski definition) is 0. The molecule has 168 valence electrons. The van der Waals surface area contributed by atoms with Gasteiger partial charge >= 0.3 is 0 Å². The van der Waals surface area contributed by atoms with Crippen LogP contribution in [0.5, 0.6) is 11.5 Å². The molecule has 0 spiro atoms. The van der Waals surface area contributed by atoms with Crippen molar-refractivity contribution in [1.82, 2.24) is 10.1 Å². The highest BCUT2D eigenvalue weighted by Gasteiger charge is 2.30. The van der Waals surface area contributed by atoms with Gasteiger partial charge in [0.1, 0.15) is 18.5 Å². The third-order valence-corrected chi connectivity index (χ3v) is 5.68. The third kappa shape index (κ3) is 4.62. The number of hydrogen-bond acceptors (Lipinski definition) is 6. The molecule has 7 heteroatoms. The van der Waals surface area contributed by atoms with Crippen molar-refractivity contribution in [3.8, 4) is 11.5 Å². The Labute approximate surface area is 187 Å². The molecule has 7 nitrogen and oxygen atoms in total. The van der Waals surface area contributed by atoms with Crippen LogP contribution in [-0.4, -0.2) is 42.3 Å². The number of amides is 1. The molecule has 2 unspecified atom stereocenters. The quantitative estimate of drug-likeness (QED) is 0.567. The summed E-state index contributed by atoms with van der Waals surface area (Å²) in [4.78, 5) is 15.1. The summed E-state index contributed by atoms with van der Waals surface area (Å²) < 4.78 is 22.7. The van der Waals surface area contributed by atoms with Crippen LogP contribution in [0.1, 0.15) is 46.0 Å². The molecular formula is C25H28N2O5. The summed E-state index contributed by atoms with van der Waals surface area (Å²) in [6.45, 7) is 7.06. The average Bonchev–Trinajstić information content (AvgIpc) is 3.14. The predicted octanol–water partition coefficient (Wildman–Crippen LogP) is 4.48. The van der Waals surface area contributed by atoms with E-state index in [1.165, 1.54) is 0 Å². The number of methoxy groups -OCH3 is 1. The lowest BCUT2D eigenvalue weighted by molar-refractivity contribution is -0.0691. The summed E-state index contributed by atoms with van der Waals surface area (Å²) in [6.07, 6.45) is -0.207. The molecule has 0 radical (unpaired) electrons. The third-order valence-electron chi connectivity index (χ3n) is 5.68. The Hall–Kier alpha value is -3.32. The molecule has 1 fully saturated rings. The number of ether oxygens (including phenoxy) is 3. The molecule has 0 saturated carbocycles. The second kappa shape index (κ2) is 9.44. The Morgan fingerprint density at radius 3 is 2.59 bits per heavy atom. The second-order valence-electron chi connectivity index (χ2n) is 8.01. The lowest BCUT2D eigenvalue weighted by Crippen LogP contribution is -2.45. The van der Waals surface area contributed by atoms with Crippen LogP contribution in [0.4, 0.5) is 0 Å². The molecule has 1 aliphatic rings. The molecule has 4 rings (SSSR count). The minimum Gasteiger partial charge on any atom is -0.493 e. The van der Waals surface area contributed by atoms with Crippen molar-refractivity contribution < 1.29 is 23.5 Å². The number of carbonyl (C=O) groups is 1. The summed E-state index contributed by atoms with van der Waals surface area (Å²) in [6, 6.07) is 15.3. The molecule has 2 heterocycles. The van der Waals surface area contributed by atoms with Crippen molar-refractivity contribution >= 4 is 5.91 Å². The van der Waals surface area contributed by atoms with Crippen molar-refractivity contribution in [2.75, 3.05) is 20.2 Å². The zero-order valence-electron chi connectivity index (χ0n) is 18.8. The van der Waals surface area contributed by atoms with Crippen LogP contribution >= 0.6 is 0 Å². The molecule has 1 saturated heterocycles. The standard InChI is InChI=1S/C25H28N2O5/c1-16-13-27(14-24(31-16)19-8-6-5-7-9-19)25(28)20-10-11-22(23(12-20)29-4)30-15-21-17(2)26-32-18(21)3/h5-12,16,24H,13-15H2,1-4H3. The molecule has 0 bridgehead atoms. The molecule has 1 aliphatic heterocycles. The van der Waals surface area contributed by atoms with Gasteiger partial charge in [-0.15, -0.1) is 0 Å². The van der Waals surface area contributed by atoms with Crippen molar-refractivity contribution in [2.24, 2.45) is 0 Å². The number of benzene rings is 2. The van der Waals surface area contributed by atoms with Crippen LogP contribution in [0.2, 0.25) is 0 Å². The van der Waals surface area contributed by atoms with Gasteiger partial charge in [0, 0.05) is 12.1 Å². The number of morpholine rings is 1. The molecule has 2 atom stereocenters. The first-order valence-corrected chi connectivity index (χ1v) is 10.7. The number of aromatic nitrogens is 1. The Morgan fingerprint density at radius 1 is 1.12 bits per heavy atom. The molecule has 0 aliphatic carbocycles. The average molecular weight is 437 g/mol. The van der Waals surface area contributed by atoms with E-state index in [0.29, 0.717) is 36.8 Å². The maximum atomic E-state index is 13.3. The minimum atomic E-state index is -0.150. The van der Waals surface area contributed by atoms with Gasteiger partial charge in [-0.05, 0) is 44.5 Å². The fraction of sp³-hybridized carbons (Fsp3) is 0.360. The highest BCUT2D eigenvalue weighted by molar-refractivity contribution is 5.95. The zero-order chi connectivity index (χ0) is 22.7. The number of rotatable bonds is 6. The summed E-state index contributed by atoms with van der Waals surface area (Å²) in [5.74, 6) is 1.73. The van der Waals surface area contributed by atoms with Gasteiger partial charge in [0.25, 0.3) is 5.91 Å². The smallest absolute Gasteiger partial charge is 0.254 e. The summed E-state index contributed by atoms with van der Waals surface area (Å²) >= 11 is 0. The first-order chi connectivity index (χ1) is 15.5. The molecule has 1 aromatic heterocycles. The van der Waals surface area contributed by atoms with Crippen molar-refractivity contribution in [1.29, 1.82) is 0 Å². The van der Waals surface area contributed by atoms with Gasteiger partial charge in [0.15, 0.2) is 11.5 Å². The van der Waals surface area contributed by atoms with Gasteiger partial charge in [-0.3, -0.25) is 4.79 Å². The minimum absolute atomic E-state index is 0.0579. The van der Waals surface area contributed by atoms with Crippen LogP contribution in [-0.2, 0) is 11.3 Å². The zero-order valence-corrected chi connectivity index (χ0v) is 18.8. The van der Waals surface area contributed by atoms with Crippen molar-refractivity contribution in [3.05, 3.63) is 76.7 Å². The second-order valence-corrected chi connectivity index (χ2v) is 8.01. The van der Waals surface area contributed by atoms with Crippen molar-refractivity contribution in [3.63, 3.8) is 0 Å². The Bertz CT molecular complexity index is 1060. The molecular weight excluding hydrogens is 408 g/mol. The van der Waals surface area contributed by atoms with Crippen molar-refractivity contribution in [2.45, 2.75) is 39.6 Å². The SMILES string of the molecule is COc1cc(C(=O)N2CC(C)OC(c3ccccc3)C2)ccc1OCc1c(C)noc1C. The topological polar surface area (TPSA) is 74.0 Å². The van der Waals surface area contributed by atoms with Crippen LogP contribution in [0.15, 0.2) is 53.1 Å². The van der Waals surface area contributed by atoms with E-state index in [-0.39, 0.29) is 18.1 Å². The summed E-state index contributed by atoms with van der Waals surface area (Å²) in [7, 11) is 1.56. The van der Waals surface area contributed by atoms with E-state index in [1.54, 1.807) is 25.3 Å². The molecule has 3 aromatic rings. The van der Waals surface area contributed by atoms with E-state index in [4.69, 9.17) is 18.7 Å². The molecule has 2 aromatic carbocycles. The van der Waals surface area contributed by atoms with E-state index >= 15 is 0 Å². The van der Waals surface area contributed by atoms with Gasteiger partial charge < -0.3 is 23.6 Å². The maximum absolute atomic E-state index is 13.3. The number of nitrogens with zero attached hydrogens (tertiary/aromatic N) is 2. The summed E-state index contributed by atoms with van der Waals surface area (Å²) in [5, 5.41) is 3.95. The van der Waals surface area contributed by atoms with E-state index in [1.807, 2.05) is 56.0 Å². The monoisotopic (exact) mass is 436 g/mol. The van der Waals surface area contributed by atoms with Crippen LogP contribution in [0.3, 0.4) is 0 Å². The van der Waals surface area contributed by atoms with E-state index in [9.17, 15) is 4.79 Å². The maximum Gasteiger partial charge on any atom is 0.254 e. The van der Waals surface area contributed by atoms with Crippen LogP contribution < -0.4 is 9.47 Å². The lowest BCUT2D eigenvalue weighted by Gasteiger charge is -2.37. The largest absolute Gasteiger partial charge is 0.493 e. The van der Waals surface area contributed by atoms with Gasteiger partial charge in [-0.25, -0.2) is 0 Å². The van der Waals surface area contributed by atoms with Gasteiger partial charge in [0.2, 0.25) is 0 Å². The van der Waals surface area contributed by atoms with Crippen LogP contribution in [0.25, 0.3) is 0 Å². The van der Waals surface area contributed by atoms with Gasteiger partial charge in [-0.1, -0.05) is 35.5 Å². The summed E-state index contributed by atoms with van der Waals surface area (Å²) in [5.41, 5.74) is 3.31. The Kier molecular flexibility index (Phi) is 6.46. The number of carbonyl (C=O) groups excluding carboxylic acids is 1. The van der Waals surface area contributed by atoms with Gasteiger partial charge in [0.05, 0.1) is 31.0 Å². The van der Waals surface area contributed by atoms with E-state index in [0.717, 1.165) is 22.6 Å². The van der Waals surface area contributed by atoms with Gasteiger partial charge in [-0.2, -0.15) is 0 Å². The lowest BCUT2D eigenvalue weighted by atomic mass is 10.1. The first-order valence-electron chi connectivity index (χ1n) is 10.7. The molecule has 0 N–H and O–H groups in total. The molecule has 32 heavy (non-hydrogen) atoms. The van der Waals surface area contributed by atoms with E-state index < -0.39 is 0 Å². The van der Waals surface area contributed by atoms with Crippen LogP contribution in [0, 0.1) is 13.8 Å². The normalized spacial score (nSPS) is 18.4. The fourth-order valence-electron chi connectivity index (χ4n) is 3.93. The Morgan fingerprint density at radius 2 is 1.91 bits per heavy atom. The highest BCUT2D eigenvalue weighted by atomic mass is 16.5. The molecule has 1 amide bonds.